The van der Waals surface area contributed by atoms with Crippen molar-refractivity contribution in [2.45, 2.75) is 24.9 Å². The van der Waals surface area contributed by atoms with E-state index in [2.05, 4.69) is 0 Å². The second-order valence-corrected chi connectivity index (χ2v) is 6.85. The molecule has 0 aromatic heterocycles. The smallest absolute Gasteiger partial charge is 0.329 e. The summed E-state index contributed by atoms with van der Waals surface area (Å²) in [6.07, 6.45) is -3.63. The van der Waals surface area contributed by atoms with Crippen molar-refractivity contribution in [2.75, 3.05) is 0 Å². The van der Waals surface area contributed by atoms with Gasteiger partial charge < -0.3 is 4.84 Å². The third kappa shape index (κ3) is 3.04. The molecule has 4 rings (SSSR count). The second kappa shape index (κ2) is 6.47. The van der Waals surface area contributed by atoms with Crippen LogP contribution >= 0.6 is 0 Å². The number of benzene rings is 2. The lowest BCUT2D eigenvalue weighted by atomic mass is 9.71. The maximum absolute atomic E-state index is 12.6. The number of nitrogens with zero attached hydrogens (tertiary/aromatic N) is 1. The largest absolute Gasteiger partial charge is 0.416 e. The van der Waals surface area contributed by atoms with Gasteiger partial charge in [-0.3, -0.25) is 9.59 Å². The molecule has 2 amide bonds. The third-order valence-electron chi connectivity index (χ3n) is 5.12. The second-order valence-electron chi connectivity index (χ2n) is 6.85. The van der Waals surface area contributed by atoms with Gasteiger partial charge in [-0.25, -0.2) is 4.79 Å². The number of amides is 2. The van der Waals surface area contributed by atoms with Crippen LogP contribution in [0.15, 0.2) is 48.5 Å². The molecule has 0 atom stereocenters. The van der Waals surface area contributed by atoms with Crippen LogP contribution in [0.25, 0.3) is 0 Å². The van der Waals surface area contributed by atoms with Crippen LogP contribution in [0.5, 0.6) is 0 Å². The van der Waals surface area contributed by atoms with Crippen LogP contribution < -0.4 is 0 Å². The van der Waals surface area contributed by atoms with Gasteiger partial charge in [0.15, 0.2) is 0 Å². The molecule has 1 heterocycles. The Labute approximate surface area is 157 Å². The number of carbonyl (C=O) groups is 3. The van der Waals surface area contributed by atoms with Crippen molar-refractivity contribution < 1.29 is 32.4 Å². The van der Waals surface area contributed by atoms with Crippen LogP contribution in [0.1, 0.15) is 50.6 Å². The minimum absolute atomic E-state index is 0.0676. The molecule has 0 unspecified atom stereocenters. The van der Waals surface area contributed by atoms with Crippen LogP contribution in [-0.4, -0.2) is 22.8 Å². The monoisotopic (exact) mass is 389 g/mol. The SMILES string of the molecule is O=C(ON1C(=O)c2ccccc2C1=O)C1CC(c2ccc(C(F)(F)F)cc2)C1. The molecular formula is C20H14F3NO4. The summed E-state index contributed by atoms with van der Waals surface area (Å²) in [5.41, 5.74) is 0.336. The highest BCUT2D eigenvalue weighted by atomic mass is 19.4. The van der Waals surface area contributed by atoms with E-state index in [1.165, 1.54) is 24.3 Å². The van der Waals surface area contributed by atoms with Crippen LogP contribution in [0.2, 0.25) is 0 Å². The summed E-state index contributed by atoms with van der Waals surface area (Å²) in [6, 6.07) is 11.0. The van der Waals surface area contributed by atoms with Crippen LogP contribution in [-0.2, 0) is 15.8 Å². The summed E-state index contributed by atoms with van der Waals surface area (Å²) in [6.45, 7) is 0. The maximum atomic E-state index is 12.6. The number of alkyl halides is 3. The number of rotatable bonds is 3. The van der Waals surface area contributed by atoms with Gasteiger partial charge in [-0.2, -0.15) is 13.2 Å². The molecule has 0 saturated heterocycles. The Morgan fingerprint density at radius 2 is 1.46 bits per heavy atom. The van der Waals surface area contributed by atoms with E-state index in [1.807, 2.05) is 0 Å². The standard InChI is InChI=1S/C20H14F3NO4/c21-20(22,23)14-7-5-11(6-8-14)12-9-13(10-12)19(27)28-24-17(25)15-3-1-2-4-16(15)18(24)26/h1-8,12-13H,9-10H2. The van der Waals surface area contributed by atoms with E-state index in [-0.39, 0.29) is 17.0 Å². The summed E-state index contributed by atoms with van der Waals surface area (Å²) < 4.78 is 37.9. The van der Waals surface area contributed by atoms with Crippen molar-refractivity contribution in [1.82, 2.24) is 5.06 Å². The van der Waals surface area contributed by atoms with E-state index >= 15 is 0 Å². The van der Waals surface area contributed by atoms with Gasteiger partial charge in [0.05, 0.1) is 22.6 Å². The average Bonchev–Trinajstić information content (AvgIpc) is 2.86. The lowest BCUT2D eigenvalue weighted by Crippen LogP contribution is -2.38. The first kappa shape index (κ1) is 18.2. The summed E-state index contributed by atoms with van der Waals surface area (Å²) in [5, 5.41) is 0.471. The number of hydrogen-bond acceptors (Lipinski definition) is 4. The van der Waals surface area contributed by atoms with Gasteiger partial charge >= 0.3 is 12.1 Å². The zero-order valence-electron chi connectivity index (χ0n) is 14.4. The molecule has 28 heavy (non-hydrogen) atoms. The lowest BCUT2D eigenvalue weighted by molar-refractivity contribution is -0.177. The molecule has 2 aromatic rings. The number of carbonyl (C=O) groups excluding carboxylic acids is 3. The van der Waals surface area contributed by atoms with Gasteiger partial charge in [0.2, 0.25) is 0 Å². The number of halogens is 3. The Morgan fingerprint density at radius 3 is 1.96 bits per heavy atom. The first-order valence-corrected chi connectivity index (χ1v) is 8.62. The molecular weight excluding hydrogens is 375 g/mol. The molecule has 1 aliphatic carbocycles. The van der Waals surface area contributed by atoms with Gasteiger partial charge in [-0.05, 0) is 48.6 Å². The predicted octanol–water partition coefficient (Wildman–Crippen LogP) is 3.95. The fourth-order valence-corrected chi connectivity index (χ4v) is 3.44. The highest BCUT2D eigenvalue weighted by Crippen LogP contribution is 2.43. The van der Waals surface area contributed by atoms with Crippen molar-refractivity contribution >= 4 is 17.8 Å². The molecule has 0 spiro atoms. The first-order chi connectivity index (χ1) is 13.3. The van der Waals surface area contributed by atoms with E-state index in [4.69, 9.17) is 4.84 Å². The van der Waals surface area contributed by atoms with E-state index in [0.717, 1.165) is 12.1 Å². The van der Waals surface area contributed by atoms with Crippen LogP contribution in [0.3, 0.4) is 0 Å². The van der Waals surface area contributed by atoms with E-state index in [1.54, 1.807) is 12.1 Å². The average molecular weight is 389 g/mol. The van der Waals surface area contributed by atoms with Crippen molar-refractivity contribution in [3.05, 3.63) is 70.8 Å². The fraction of sp³-hybridized carbons (Fsp3) is 0.250. The summed E-state index contributed by atoms with van der Waals surface area (Å²) >= 11 is 0. The van der Waals surface area contributed by atoms with Gasteiger partial charge in [-0.15, -0.1) is 0 Å². The van der Waals surface area contributed by atoms with Crippen molar-refractivity contribution in [2.24, 2.45) is 5.92 Å². The Morgan fingerprint density at radius 1 is 0.929 bits per heavy atom. The van der Waals surface area contributed by atoms with E-state index in [0.29, 0.717) is 23.5 Å². The van der Waals surface area contributed by atoms with Crippen molar-refractivity contribution in [3.8, 4) is 0 Å². The molecule has 2 aliphatic rings. The molecule has 5 nitrogen and oxygen atoms in total. The summed E-state index contributed by atoms with van der Waals surface area (Å²) in [7, 11) is 0. The minimum atomic E-state index is -4.39. The molecule has 0 N–H and O–H groups in total. The van der Waals surface area contributed by atoms with Crippen LogP contribution in [0, 0.1) is 5.92 Å². The molecule has 8 heteroatoms. The molecule has 0 bridgehead atoms. The zero-order chi connectivity index (χ0) is 20.1. The zero-order valence-corrected chi connectivity index (χ0v) is 14.4. The highest BCUT2D eigenvalue weighted by Gasteiger charge is 2.43. The van der Waals surface area contributed by atoms with Gasteiger partial charge in [0.25, 0.3) is 11.8 Å². The van der Waals surface area contributed by atoms with Crippen LogP contribution in [0.4, 0.5) is 13.2 Å². The molecule has 1 fully saturated rings. The highest BCUT2D eigenvalue weighted by molar-refractivity contribution is 6.20. The Hall–Kier alpha value is -3.16. The Kier molecular flexibility index (Phi) is 4.21. The summed E-state index contributed by atoms with van der Waals surface area (Å²) in [4.78, 5) is 41.7. The Balaban J connectivity index is 1.36. The minimum Gasteiger partial charge on any atom is -0.329 e. The number of fused-ring (bicyclic) bond motifs is 1. The molecule has 144 valence electrons. The molecule has 2 aromatic carbocycles. The molecule has 1 saturated carbocycles. The molecule has 1 aliphatic heterocycles. The van der Waals surface area contributed by atoms with E-state index < -0.39 is 35.4 Å². The quantitative estimate of drug-likeness (QED) is 0.746. The topological polar surface area (TPSA) is 63.7 Å². The fourth-order valence-electron chi connectivity index (χ4n) is 3.44. The predicted molar refractivity (Wildman–Crippen MR) is 89.9 cm³/mol. The maximum Gasteiger partial charge on any atom is 0.416 e. The first-order valence-electron chi connectivity index (χ1n) is 8.62. The van der Waals surface area contributed by atoms with Crippen molar-refractivity contribution in [3.63, 3.8) is 0 Å². The van der Waals surface area contributed by atoms with Gasteiger partial charge in [0.1, 0.15) is 0 Å². The molecule has 0 radical (unpaired) electrons. The van der Waals surface area contributed by atoms with Gasteiger partial charge in [0, 0.05) is 0 Å². The van der Waals surface area contributed by atoms with Crippen molar-refractivity contribution in [1.29, 1.82) is 0 Å². The van der Waals surface area contributed by atoms with Gasteiger partial charge in [-0.1, -0.05) is 29.3 Å². The third-order valence-corrected chi connectivity index (χ3v) is 5.12. The lowest BCUT2D eigenvalue weighted by Gasteiger charge is -2.34. The normalized spacial score (nSPS) is 21.3. The number of hydroxylamine groups is 2. The van der Waals surface area contributed by atoms with E-state index in [9.17, 15) is 27.6 Å². The summed E-state index contributed by atoms with van der Waals surface area (Å²) in [5.74, 6) is -2.66. The number of imide groups is 1. The number of hydrogen-bond donors (Lipinski definition) is 0. The Bertz CT molecular complexity index is 927.